The predicted molar refractivity (Wildman–Crippen MR) is 120 cm³/mol. The van der Waals surface area contributed by atoms with Gasteiger partial charge in [-0.3, -0.25) is 0 Å². The fourth-order valence-electron chi connectivity index (χ4n) is 2.86. The number of nitrogens with two attached hydrogens (primary N) is 2. The summed E-state index contributed by atoms with van der Waals surface area (Å²) in [6, 6.07) is 18.3. The van der Waals surface area contributed by atoms with Crippen LogP contribution in [0, 0.1) is 0 Å². The van der Waals surface area contributed by atoms with Crippen LogP contribution >= 0.6 is 23.2 Å². The molecular formula is C21H19Cl2N4O3S+. The second-order valence-electron chi connectivity index (χ2n) is 6.62. The monoisotopic (exact) mass is 477 g/mol. The smallest absolute Gasteiger partial charge is 0.246 e. The number of rotatable bonds is 8. The zero-order valence-electron chi connectivity index (χ0n) is 16.2. The van der Waals surface area contributed by atoms with Gasteiger partial charge in [-0.1, -0.05) is 53.5 Å². The Labute approximate surface area is 189 Å². The molecule has 3 aromatic carbocycles. The normalized spacial score (nSPS) is 11.9. The molecule has 160 valence electrons. The number of hydrogen-bond acceptors (Lipinski definition) is 4. The van der Waals surface area contributed by atoms with Crippen molar-refractivity contribution in [1.29, 1.82) is 0 Å². The molecule has 10 heteroatoms. The summed E-state index contributed by atoms with van der Waals surface area (Å²) in [6.07, 6.45) is 0.266. The second-order valence-corrected chi connectivity index (χ2v) is 9.45. The van der Waals surface area contributed by atoms with Crippen molar-refractivity contribution in [1.82, 2.24) is 0 Å². The molecule has 0 saturated heterocycles. The first kappa shape index (κ1) is 22.7. The van der Waals surface area contributed by atoms with Gasteiger partial charge in [-0.25, -0.2) is 8.42 Å². The third-order valence-corrected chi connectivity index (χ3v) is 6.39. The van der Waals surface area contributed by atoms with Crippen molar-refractivity contribution in [3.8, 4) is 11.5 Å². The van der Waals surface area contributed by atoms with Gasteiger partial charge in [0, 0.05) is 5.02 Å². The first-order valence-electron chi connectivity index (χ1n) is 9.02. The Hall–Kier alpha value is -2.94. The van der Waals surface area contributed by atoms with Gasteiger partial charge in [0.05, 0.1) is 27.2 Å². The molecular weight excluding hydrogens is 459 g/mol. The molecule has 0 heterocycles. The van der Waals surface area contributed by atoms with E-state index in [4.69, 9.17) is 39.2 Å². The second kappa shape index (κ2) is 9.91. The number of ether oxygens (including phenoxy) is 1. The van der Waals surface area contributed by atoms with Crippen LogP contribution in [-0.2, 0) is 22.0 Å². The lowest BCUT2D eigenvalue weighted by Crippen LogP contribution is -2.24. The molecule has 0 aliphatic rings. The van der Waals surface area contributed by atoms with Gasteiger partial charge in [0.1, 0.15) is 16.7 Å². The van der Waals surface area contributed by atoms with Gasteiger partial charge < -0.3 is 10.5 Å². The summed E-state index contributed by atoms with van der Waals surface area (Å²) in [7, 11) is -3.57. The van der Waals surface area contributed by atoms with Crippen LogP contribution in [0.15, 0.2) is 82.0 Å². The molecule has 7 nitrogen and oxygen atoms in total. The molecule has 0 aliphatic carbocycles. The van der Waals surface area contributed by atoms with E-state index in [1.165, 1.54) is 18.2 Å². The zero-order chi connectivity index (χ0) is 22.4. The number of sulfone groups is 1. The minimum absolute atomic E-state index is 0.106. The number of halogens is 2. The first-order valence-corrected chi connectivity index (χ1v) is 11.4. The molecule has 0 radical (unpaired) electrons. The van der Waals surface area contributed by atoms with E-state index in [-0.39, 0.29) is 33.7 Å². The summed E-state index contributed by atoms with van der Waals surface area (Å²) >= 11 is 12.5. The predicted octanol–water partition coefficient (Wildman–Crippen LogP) is 3.79. The summed E-state index contributed by atoms with van der Waals surface area (Å²) in [6.45, 7) is 0. The van der Waals surface area contributed by atoms with E-state index < -0.39 is 9.84 Å². The third kappa shape index (κ3) is 6.27. The van der Waals surface area contributed by atoms with Crippen LogP contribution < -0.4 is 16.0 Å². The van der Waals surface area contributed by atoms with E-state index >= 15 is 0 Å². The lowest BCUT2D eigenvalue weighted by molar-refractivity contribution is -0.221. The van der Waals surface area contributed by atoms with Crippen LogP contribution in [0.3, 0.4) is 0 Å². The molecule has 0 aliphatic heterocycles. The van der Waals surface area contributed by atoms with E-state index in [1.807, 2.05) is 6.07 Å². The van der Waals surface area contributed by atoms with Crippen molar-refractivity contribution >= 4 is 38.9 Å². The molecule has 4 N–H and O–H groups in total. The average molecular weight is 478 g/mol. The first-order chi connectivity index (χ1) is 14.8. The topological polar surface area (TPSA) is 120 Å². The third-order valence-electron chi connectivity index (χ3n) is 4.19. The number of amidine groups is 1. The number of benzene rings is 3. The van der Waals surface area contributed by atoms with Crippen molar-refractivity contribution in [2.24, 2.45) is 16.1 Å². The maximum absolute atomic E-state index is 12.7. The Balaban J connectivity index is 1.81. The van der Waals surface area contributed by atoms with E-state index in [0.29, 0.717) is 16.3 Å². The van der Waals surface area contributed by atoms with Gasteiger partial charge >= 0.3 is 0 Å². The Bertz CT molecular complexity index is 1230. The highest BCUT2D eigenvalue weighted by molar-refractivity contribution is 7.90. The molecule has 31 heavy (non-hydrogen) atoms. The molecule has 0 saturated carbocycles. The Morgan fingerprint density at radius 1 is 1.00 bits per heavy atom. The van der Waals surface area contributed by atoms with Crippen LogP contribution in [-0.4, -0.2) is 14.3 Å². The maximum atomic E-state index is 12.7. The lowest BCUT2D eigenvalue weighted by atomic mass is 10.1. The summed E-state index contributed by atoms with van der Waals surface area (Å²) in [4.78, 5) is 0.106. The van der Waals surface area contributed by atoms with E-state index in [2.05, 4.69) is 10.3 Å². The van der Waals surface area contributed by atoms with Crippen LogP contribution in [0.25, 0.3) is 0 Å². The van der Waals surface area contributed by atoms with Crippen molar-refractivity contribution in [3.63, 3.8) is 0 Å². The standard InChI is InChI=1S/C21H18Cl2N4O3S/c22-16-8-15(10-21(24)26-27-25)9-17(11-16)30-20-7-6-18(12-19(20)23)31(28,29)13-14-4-2-1-3-5-14/h1-9,11-12H,10,13H2,(H3,24,25,26)/p+1. The maximum Gasteiger partial charge on any atom is 0.246 e. The molecule has 0 aromatic heterocycles. The highest BCUT2D eigenvalue weighted by Gasteiger charge is 2.18. The van der Waals surface area contributed by atoms with Crippen molar-refractivity contribution < 1.29 is 18.7 Å². The van der Waals surface area contributed by atoms with E-state index in [9.17, 15) is 8.42 Å². The van der Waals surface area contributed by atoms with Crippen molar-refractivity contribution in [2.45, 2.75) is 17.1 Å². The zero-order valence-corrected chi connectivity index (χ0v) is 18.5. The highest BCUT2D eigenvalue weighted by Crippen LogP contribution is 2.33. The van der Waals surface area contributed by atoms with Gasteiger partial charge in [0.15, 0.2) is 9.84 Å². The SMILES string of the molecule is N/C(Cc1cc(Cl)cc(Oc2ccc(S(=O)(=O)Cc3ccccc3)cc2Cl)c1)=N\N=[NH2+]. The fourth-order valence-corrected chi connectivity index (χ4v) is 4.76. The van der Waals surface area contributed by atoms with Crippen LogP contribution in [0.4, 0.5) is 0 Å². The Morgan fingerprint density at radius 3 is 2.42 bits per heavy atom. The summed E-state index contributed by atoms with van der Waals surface area (Å²) in [5.74, 6) is 0.774. The highest BCUT2D eigenvalue weighted by atomic mass is 35.5. The molecule has 0 spiro atoms. The molecule has 0 amide bonds. The van der Waals surface area contributed by atoms with Crippen molar-refractivity contribution in [3.05, 3.63) is 87.9 Å². The van der Waals surface area contributed by atoms with Crippen LogP contribution in [0.2, 0.25) is 10.0 Å². The lowest BCUT2D eigenvalue weighted by Gasteiger charge is -2.11. The van der Waals surface area contributed by atoms with Gasteiger partial charge in [-0.15, -0.1) is 0 Å². The Morgan fingerprint density at radius 2 is 1.74 bits per heavy atom. The average Bonchev–Trinajstić information content (AvgIpc) is 2.69. The quantitative estimate of drug-likeness (QED) is 0.222. The van der Waals surface area contributed by atoms with Crippen LogP contribution in [0.1, 0.15) is 11.1 Å². The minimum Gasteiger partial charge on any atom is -0.456 e. The van der Waals surface area contributed by atoms with Gasteiger partial charge in [0.25, 0.3) is 0 Å². The van der Waals surface area contributed by atoms with Gasteiger partial charge in [-0.05, 0) is 47.5 Å². The van der Waals surface area contributed by atoms with E-state index in [1.54, 1.807) is 42.5 Å². The summed E-state index contributed by atoms with van der Waals surface area (Å²) in [5.41, 5.74) is 12.1. The molecule has 0 atom stereocenters. The van der Waals surface area contributed by atoms with Gasteiger partial charge in [0.2, 0.25) is 5.84 Å². The molecule has 0 unspecified atom stereocenters. The fraction of sp³-hybridized carbons (Fsp3) is 0.0952. The largest absolute Gasteiger partial charge is 0.456 e. The van der Waals surface area contributed by atoms with E-state index in [0.717, 1.165) is 5.56 Å². The van der Waals surface area contributed by atoms with Gasteiger partial charge in [-0.2, -0.15) is 5.53 Å². The summed E-state index contributed by atoms with van der Waals surface area (Å²) in [5, 5.41) is 7.29. The van der Waals surface area contributed by atoms with Crippen LogP contribution in [0.5, 0.6) is 11.5 Å². The molecule has 3 rings (SSSR count). The molecule has 0 fully saturated rings. The molecule has 0 bridgehead atoms. The minimum atomic E-state index is -3.57. The summed E-state index contributed by atoms with van der Waals surface area (Å²) < 4.78 is 31.2. The Kier molecular flexibility index (Phi) is 7.27. The number of nitrogens with zero attached hydrogens (tertiary/aromatic N) is 2. The van der Waals surface area contributed by atoms with Crippen molar-refractivity contribution in [2.75, 3.05) is 0 Å². The molecule has 3 aromatic rings. The number of hydrogen-bond donors (Lipinski definition) is 2.